The Balaban J connectivity index is 1.88. The van der Waals surface area contributed by atoms with E-state index in [1.165, 1.54) is 0 Å². The van der Waals surface area contributed by atoms with E-state index in [0.29, 0.717) is 16.8 Å². The predicted molar refractivity (Wildman–Crippen MR) is 143 cm³/mol. The number of rotatable bonds is 14. The molecule has 0 atom stereocenters. The second-order valence-electron chi connectivity index (χ2n) is 8.64. The number of amides is 3. The summed E-state index contributed by atoms with van der Waals surface area (Å²) in [5.74, 6) is -0.144. The van der Waals surface area contributed by atoms with Gasteiger partial charge in [-0.3, -0.25) is 14.4 Å². The van der Waals surface area contributed by atoms with E-state index in [1.54, 1.807) is 36.4 Å². The first kappa shape index (κ1) is 27.9. The van der Waals surface area contributed by atoms with Crippen LogP contribution in [0.3, 0.4) is 0 Å². The molecule has 0 bridgehead atoms. The molecular weight excluding hydrogens is 440 g/mol. The number of hydrogen-bond donors (Lipinski definition) is 2. The molecule has 0 unspecified atom stereocenters. The fraction of sp³-hybridized carbons (Fsp3) is 0.464. The Kier molecular flexibility index (Phi) is 11.8. The van der Waals surface area contributed by atoms with Crippen molar-refractivity contribution in [3.63, 3.8) is 0 Å². The normalized spacial score (nSPS) is 10.5. The molecule has 2 aromatic carbocycles. The topological polar surface area (TPSA) is 81.8 Å². The Hall–Kier alpha value is -3.35. The molecule has 0 saturated carbocycles. The van der Waals surface area contributed by atoms with E-state index in [1.807, 2.05) is 21.9 Å². The monoisotopic (exact) mass is 480 g/mol. The van der Waals surface area contributed by atoms with Crippen LogP contribution in [-0.4, -0.2) is 60.2 Å². The molecule has 7 nitrogen and oxygen atoms in total. The van der Waals surface area contributed by atoms with Gasteiger partial charge in [-0.25, -0.2) is 0 Å². The number of benzene rings is 2. The summed E-state index contributed by atoms with van der Waals surface area (Å²) in [6.07, 6.45) is 3.69. The van der Waals surface area contributed by atoms with Crippen molar-refractivity contribution in [3.8, 4) is 0 Å². The van der Waals surface area contributed by atoms with Gasteiger partial charge in [-0.1, -0.05) is 27.7 Å². The lowest BCUT2D eigenvalue weighted by Crippen LogP contribution is -2.32. The third-order valence-electron chi connectivity index (χ3n) is 5.55. The Morgan fingerprint density at radius 3 is 1.34 bits per heavy atom. The highest BCUT2D eigenvalue weighted by molar-refractivity contribution is 5.97. The Morgan fingerprint density at radius 2 is 0.971 bits per heavy atom. The zero-order valence-electron chi connectivity index (χ0n) is 21.6. The number of nitrogens with zero attached hydrogens (tertiary/aromatic N) is 2. The van der Waals surface area contributed by atoms with Gasteiger partial charge < -0.3 is 20.4 Å². The van der Waals surface area contributed by atoms with E-state index in [-0.39, 0.29) is 24.3 Å². The van der Waals surface area contributed by atoms with Crippen LogP contribution in [-0.2, 0) is 4.79 Å². The van der Waals surface area contributed by atoms with Crippen LogP contribution in [0.25, 0.3) is 0 Å². The van der Waals surface area contributed by atoms with Crippen LogP contribution in [0, 0.1) is 0 Å². The maximum atomic E-state index is 12.7. The highest BCUT2D eigenvalue weighted by Crippen LogP contribution is 2.14. The summed E-state index contributed by atoms with van der Waals surface area (Å²) in [5, 5.41) is 5.93. The van der Waals surface area contributed by atoms with Gasteiger partial charge in [0.15, 0.2) is 0 Å². The van der Waals surface area contributed by atoms with E-state index in [9.17, 15) is 14.4 Å². The van der Waals surface area contributed by atoms with Gasteiger partial charge >= 0.3 is 0 Å². The summed E-state index contributed by atoms with van der Waals surface area (Å²) in [4.78, 5) is 41.5. The molecule has 0 aliphatic carbocycles. The largest absolute Gasteiger partial charge is 0.376 e. The average Bonchev–Trinajstić information content (AvgIpc) is 2.87. The second-order valence-corrected chi connectivity index (χ2v) is 8.64. The molecule has 0 aromatic heterocycles. The van der Waals surface area contributed by atoms with E-state index < -0.39 is 0 Å². The lowest BCUT2D eigenvalue weighted by molar-refractivity contribution is -0.114. The third-order valence-corrected chi connectivity index (χ3v) is 5.55. The lowest BCUT2D eigenvalue weighted by Gasteiger charge is -2.21. The second kappa shape index (κ2) is 14.8. The zero-order chi connectivity index (χ0) is 25.6. The Bertz CT molecular complexity index is 930. The van der Waals surface area contributed by atoms with E-state index in [2.05, 4.69) is 38.3 Å². The quantitative estimate of drug-likeness (QED) is 0.386. The molecule has 2 N–H and O–H groups in total. The first-order valence-electron chi connectivity index (χ1n) is 12.8. The number of anilines is 2. The first-order chi connectivity index (χ1) is 16.9. The molecule has 0 aliphatic rings. The molecule has 2 aromatic rings. The van der Waals surface area contributed by atoms with Crippen LogP contribution in [0.1, 0.15) is 74.1 Å². The predicted octanol–water partition coefficient (Wildman–Crippen LogP) is 5.26. The van der Waals surface area contributed by atoms with Crippen molar-refractivity contribution in [3.05, 3.63) is 59.7 Å². The molecule has 7 heteroatoms. The van der Waals surface area contributed by atoms with Crippen LogP contribution in [0.2, 0.25) is 0 Å². The molecule has 3 amide bonds. The fourth-order valence-electron chi connectivity index (χ4n) is 3.89. The molecule has 2 rings (SSSR count). The van der Waals surface area contributed by atoms with Crippen LogP contribution in [0.4, 0.5) is 11.4 Å². The highest BCUT2D eigenvalue weighted by atomic mass is 16.2. The van der Waals surface area contributed by atoms with Crippen molar-refractivity contribution in [2.24, 2.45) is 0 Å². The molecule has 0 fully saturated rings. The van der Waals surface area contributed by atoms with Gasteiger partial charge in [0.25, 0.3) is 11.8 Å². The van der Waals surface area contributed by atoms with Crippen molar-refractivity contribution in [1.29, 1.82) is 0 Å². The minimum atomic E-state index is -0.195. The lowest BCUT2D eigenvalue weighted by atomic mass is 10.1. The number of nitrogens with one attached hydrogen (secondary N) is 2. The zero-order valence-corrected chi connectivity index (χ0v) is 21.6. The summed E-state index contributed by atoms with van der Waals surface area (Å²) in [6, 6.07) is 14.2. The van der Waals surface area contributed by atoms with Crippen LogP contribution >= 0.6 is 0 Å². The maximum absolute atomic E-state index is 12.7. The van der Waals surface area contributed by atoms with Crippen LogP contribution < -0.4 is 10.6 Å². The summed E-state index contributed by atoms with van der Waals surface area (Å²) in [7, 11) is 0. The fourth-order valence-corrected chi connectivity index (χ4v) is 3.89. The number of hydrogen-bond acceptors (Lipinski definition) is 4. The van der Waals surface area contributed by atoms with Gasteiger partial charge in [-0.2, -0.15) is 0 Å². The van der Waals surface area contributed by atoms with Crippen molar-refractivity contribution in [2.45, 2.75) is 53.4 Å². The smallest absolute Gasteiger partial charge is 0.253 e. The minimum Gasteiger partial charge on any atom is -0.376 e. The molecule has 0 radical (unpaired) electrons. The molecule has 35 heavy (non-hydrogen) atoms. The molecule has 0 aliphatic heterocycles. The molecular formula is C28H40N4O3. The minimum absolute atomic E-state index is 0.0164. The van der Waals surface area contributed by atoms with Crippen molar-refractivity contribution >= 4 is 29.1 Å². The van der Waals surface area contributed by atoms with Gasteiger partial charge in [0, 0.05) is 48.7 Å². The number of carbonyl (C=O) groups is 3. The van der Waals surface area contributed by atoms with Gasteiger partial charge in [-0.05, 0) is 74.2 Å². The van der Waals surface area contributed by atoms with Crippen molar-refractivity contribution in [1.82, 2.24) is 9.80 Å². The van der Waals surface area contributed by atoms with Gasteiger partial charge in [0.1, 0.15) is 0 Å². The molecule has 0 heterocycles. The summed E-state index contributed by atoms with van der Waals surface area (Å²) < 4.78 is 0. The summed E-state index contributed by atoms with van der Waals surface area (Å²) >= 11 is 0. The Morgan fingerprint density at radius 1 is 0.600 bits per heavy atom. The summed E-state index contributed by atoms with van der Waals surface area (Å²) in [6.45, 7) is 11.3. The van der Waals surface area contributed by atoms with E-state index in [4.69, 9.17) is 0 Å². The third kappa shape index (κ3) is 8.74. The number of carbonyl (C=O) groups excluding carboxylic acids is 3. The summed E-state index contributed by atoms with van der Waals surface area (Å²) in [5.41, 5.74) is 2.67. The van der Waals surface area contributed by atoms with E-state index >= 15 is 0 Å². The van der Waals surface area contributed by atoms with E-state index in [0.717, 1.165) is 57.5 Å². The van der Waals surface area contributed by atoms with Gasteiger partial charge in [-0.15, -0.1) is 0 Å². The molecule has 0 spiro atoms. The van der Waals surface area contributed by atoms with Crippen molar-refractivity contribution in [2.75, 3.05) is 43.4 Å². The molecule has 190 valence electrons. The van der Waals surface area contributed by atoms with Crippen molar-refractivity contribution < 1.29 is 14.4 Å². The Labute approximate surface area is 209 Å². The standard InChI is InChI=1S/C28H40N4O3/c1-5-17-31(18-6-2)27(34)22-9-13-24(14-10-22)29-21-26(33)30-25-15-11-23(12-16-25)28(35)32(19-7-3)20-8-4/h9-16,29H,5-8,17-21H2,1-4H3,(H,30,33). The first-order valence-corrected chi connectivity index (χ1v) is 12.8. The average molecular weight is 481 g/mol. The van der Waals surface area contributed by atoms with Crippen LogP contribution in [0.5, 0.6) is 0 Å². The molecule has 0 saturated heterocycles. The maximum Gasteiger partial charge on any atom is 0.253 e. The van der Waals surface area contributed by atoms with Crippen LogP contribution in [0.15, 0.2) is 48.5 Å². The van der Waals surface area contributed by atoms with Gasteiger partial charge in [0.05, 0.1) is 6.54 Å². The highest BCUT2D eigenvalue weighted by Gasteiger charge is 2.15. The van der Waals surface area contributed by atoms with Gasteiger partial charge in [0.2, 0.25) is 5.91 Å². The SMILES string of the molecule is CCCN(CCC)C(=O)c1ccc(NCC(=O)Nc2ccc(C(=O)N(CCC)CCC)cc2)cc1.